The Morgan fingerprint density at radius 3 is 2.48 bits per heavy atom. The predicted octanol–water partition coefficient (Wildman–Crippen LogP) is 2.85. The largest absolute Gasteiger partial charge is 0.491 e. The van der Waals surface area contributed by atoms with Gasteiger partial charge in [0.15, 0.2) is 11.6 Å². The molecule has 0 heterocycles. The zero-order valence-electron chi connectivity index (χ0n) is 14.9. The maximum absolute atomic E-state index is 13.9. The predicted molar refractivity (Wildman–Crippen MR) is 99.7 cm³/mol. The summed E-state index contributed by atoms with van der Waals surface area (Å²) >= 11 is 0. The second kappa shape index (κ2) is 7.96. The van der Waals surface area contributed by atoms with Crippen molar-refractivity contribution in [1.82, 2.24) is 5.32 Å². The molecule has 1 saturated carbocycles. The summed E-state index contributed by atoms with van der Waals surface area (Å²) in [5, 5.41) is 2.90. The van der Waals surface area contributed by atoms with Crippen LogP contribution in [0.15, 0.2) is 47.4 Å². The number of carbonyl (C=O) groups is 1. The number of carbonyl (C=O) groups excluding carboxylic acids is 1. The molecule has 6 nitrogen and oxygen atoms in total. The molecule has 0 radical (unpaired) electrons. The number of nitrogens with one attached hydrogen (secondary N) is 2. The molecule has 0 aromatic heterocycles. The summed E-state index contributed by atoms with van der Waals surface area (Å²) in [6.45, 7) is 2.00. The molecule has 3 rings (SSSR count). The van der Waals surface area contributed by atoms with Crippen molar-refractivity contribution in [3.63, 3.8) is 0 Å². The summed E-state index contributed by atoms with van der Waals surface area (Å²) < 4.78 is 46.3. The van der Waals surface area contributed by atoms with Crippen LogP contribution < -0.4 is 14.8 Å². The van der Waals surface area contributed by atoms with E-state index in [9.17, 15) is 17.6 Å². The second-order valence-electron chi connectivity index (χ2n) is 6.35. The van der Waals surface area contributed by atoms with E-state index in [1.165, 1.54) is 12.1 Å². The molecule has 0 atom stereocenters. The van der Waals surface area contributed by atoms with Crippen LogP contribution in [0.1, 0.15) is 25.3 Å². The lowest BCUT2D eigenvalue weighted by molar-refractivity contribution is -0.120. The van der Waals surface area contributed by atoms with Crippen molar-refractivity contribution in [2.75, 3.05) is 11.3 Å². The molecule has 1 aliphatic rings. The Balaban J connectivity index is 1.66. The van der Waals surface area contributed by atoms with Crippen molar-refractivity contribution in [3.8, 4) is 5.75 Å². The van der Waals surface area contributed by atoms with E-state index in [4.69, 9.17) is 4.74 Å². The van der Waals surface area contributed by atoms with E-state index in [0.717, 1.165) is 24.5 Å². The van der Waals surface area contributed by atoms with Crippen molar-refractivity contribution in [3.05, 3.63) is 53.8 Å². The van der Waals surface area contributed by atoms with Crippen molar-refractivity contribution in [2.45, 2.75) is 37.1 Å². The molecule has 27 heavy (non-hydrogen) atoms. The Labute approximate surface area is 157 Å². The molecule has 2 aromatic carbocycles. The van der Waals surface area contributed by atoms with Crippen molar-refractivity contribution in [2.24, 2.45) is 0 Å². The molecule has 8 heteroatoms. The normalized spacial score (nSPS) is 13.9. The number of anilines is 1. The molecule has 0 spiro atoms. The Bertz CT molecular complexity index is 925. The zero-order valence-corrected chi connectivity index (χ0v) is 15.7. The first kappa shape index (κ1) is 19.2. The van der Waals surface area contributed by atoms with Crippen molar-refractivity contribution in [1.29, 1.82) is 0 Å². The maximum Gasteiger partial charge on any atom is 0.262 e. The van der Waals surface area contributed by atoms with Gasteiger partial charge in [0.1, 0.15) is 0 Å². The highest BCUT2D eigenvalue weighted by Gasteiger charge is 2.23. The fraction of sp³-hybridized carbons (Fsp3) is 0.316. The standard InChI is InChI=1S/C19H21FN2O4S/c1-2-26-18-10-9-16(12-17(18)20)27(24,25)22-15-5-3-13(4-6-15)11-19(23)21-14-7-8-14/h3-6,9-10,12,14,22H,2,7-8,11H2,1H3,(H,21,23). The first-order valence-corrected chi connectivity index (χ1v) is 10.2. The Morgan fingerprint density at radius 2 is 1.89 bits per heavy atom. The summed E-state index contributed by atoms with van der Waals surface area (Å²) in [6, 6.07) is 10.3. The third kappa shape index (κ3) is 5.19. The number of benzene rings is 2. The summed E-state index contributed by atoms with van der Waals surface area (Å²) in [5.41, 5.74) is 1.11. The van der Waals surface area contributed by atoms with Crippen molar-refractivity contribution >= 4 is 21.6 Å². The van der Waals surface area contributed by atoms with Gasteiger partial charge < -0.3 is 10.1 Å². The Kier molecular flexibility index (Phi) is 5.65. The van der Waals surface area contributed by atoms with Gasteiger partial charge in [-0.15, -0.1) is 0 Å². The molecule has 0 unspecified atom stereocenters. The van der Waals surface area contributed by atoms with Gasteiger partial charge in [-0.05, 0) is 55.7 Å². The average Bonchev–Trinajstić information content (AvgIpc) is 3.42. The van der Waals surface area contributed by atoms with Crippen LogP contribution in [0.5, 0.6) is 5.75 Å². The van der Waals surface area contributed by atoms with Gasteiger partial charge in [-0.1, -0.05) is 12.1 Å². The van der Waals surface area contributed by atoms with E-state index in [1.807, 2.05) is 0 Å². The lowest BCUT2D eigenvalue weighted by Gasteiger charge is -2.11. The summed E-state index contributed by atoms with van der Waals surface area (Å²) in [7, 11) is -3.94. The van der Waals surface area contributed by atoms with E-state index < -0.39 is 15.8 Å². The summed E-state index contributed by atoms with van der Waals surface area (Å²) in [4.78, 5) is 11.6. The molecule has 2 aromatic rings. The van der Waals surface area contributed by atoms with Crippen LogP contribution >= 0.6 is 0 Å². The van der Waals surface area contributed by atoms with Gasteiger partial charge in [-0.2, -0.15) is 0 Å². The molecular weight excluding hydrogens is 371 g/mol. The first-order valence-electron chi connectivity index (χ1n) is 8.71. The number of amides is 1. The Hall–Kier alpha value is -2.61. The Morgan fingerprint density at radius 1 is 1.19 bits per heavy atom. The lowest BCUT2D eigenvalue weighted by atomic mass is 10.1. The van der Waals surface area contributed by atoms with Gasteiger partial charge in [0.25, 0.3) is 10.0 Å². The van der Waals surface area contributed by atoms with Crippen LogP contribution in [0.2, 0.25) is 0 Å². The van der Waals surface area contributed by atoms with Crippen LogP contribution in [0.25, 0.3) is 0 Å². The first-order chi connectivity index (χ1) is 12.9. The minimum Gasteiger partial charge on any atom is -0.491 e. The highest BCUT2D eigenvalue weighted by Crippen LogP contribution is 2.23. The number of halogens is 1. The maximum atomic E-state index is 13.9. The van der Waals surface area contributed by atoms with Gasteiger partial charge in [0.2, 0.25) is 5.91 Å². The summed E-state index contributed by atoms with van der Waals surface area (Å²) in [5.74, 6) is -0.780. The van der Waals surface area contributed by atoms with Crippen LogP contribution in [0.3, 0.4) is 0 Å². The average molecular weight is 392 g/mol. The van der Waals surface area contributed by atoms with Crippen molar-refractivity contribution < 1.29 is 22.3 Å². The molecule has 1 amide bonds. The van der Waals surface area contributed by atoms with Gasteiger partial charge >= 0.3 is 0 Å². The molecular formula is C19H21FN2O4S. The zero-order chi connectivity index (χ0) is 19.4. The minimum absolute atomic E-state index is 0.00489. The molecule has 1 fully saturated rings. The monoisotopic (exact) mass is 392 g/mol. The molecule has 0 saturated heterocycles. The van der Waals surface area contributed by atoms with Crippen LogP contribution in [-0.2, 0) is 21.2 Å². The molecule has 1 aliphatic carbocycles. The highest BCUT2D eigenvalue weighted by molar-refractivity contribution is 7.92. The number of rotatable bonds is 8. The molecule has 0 bridgehead atoms. The fourth-order valence-electron chi connectivity index (χ4n) is 2.52. The van der Waals surface area contributed by atoms with Crippen LogP contribution in [-0.4, -0.2) is 27.0 Å². The van der Waals surface area contributed by atoms with Gasteiger partial charge in [0, 0.05) is 11.7 Å². The van der Waals surface area contributed by atoms with E-state index in [0.29, 0.717) is 11.7 Å². The third-order valence-corrected chi connectivity index (χ3v) is 5.41. The minimum atomic E-state index is -3.94. The SMILES string of the molecule is CCOc1ccc(S(=O)(=O)Nc2ccc(CC(=O)NC3CC3)cc2)cc1F. The van der Waals surface area contributed by atoms with Gasteiger partial charge in [-0.25, -0.2) is 12.8 Å². The van der Waals surface area contributed by atoms with E-state index in [-0.39, 0.29) is 29.6 Å². The second-order valence-corrected chi connectivity index (χ2v) is 8.03. The smallest absolute Gasteiger partial charge is 0.262 e. The van der Waals surface area contributed by atoms with E-state index in [1.54, 1.807) is 31.2 Å². The van der Waals surface area contributed by atoms with Crippen LogP contribution in [0.4, 0.5) is 10.1 Å². The number of sulfonamides is 1. The quantitative estimate of drug-likeness (QED) is 0.724. The molecule has 0 aliphatic heterocycles. The third-order valence-electron chi connectivity index (χ3n) is 4.03. The van der Waals surface area contributed by atoms with Gasteiger partial charge in [0.05, 0.1) is 17.9 Å². The number of hydrogen-bond donors (Lipinski definition) is 2. The molecule has 144 valence electrons. The lowest BCUT2D eigenvalue weighted by Crippen LogP contribution is -2.26. The highest BCUT2D eigenvalue weighted by atomic mass is 32.2. The fourth-order valence-corrected chi connectivity index (χ4v) is 3.59. The van der Waals surface area contributed by atoms with Gasteiger partial charge in [-0.3, -0.25) is 9.52 Å². The number of ether oxygens (including phenoxy) is 1. The number of hydrogen-bond acceptors (Lipinski definition) is 4. The summed E-state index contributed by atoms with van der Waals surface area (Å²) in [6.07, 6.45) is 2.30. The van der Waals surface area contributed by atoms with E-state index in [2.05, 4.69) is 10.0 Å². The molecule has 2 N–H and O–H groups in total. The van der Waals surface area contributed by atoms with Crippen LogP contribution in [0, 0.1) is 5.82 Å². The van der Waals surface area contributed by atoms with E-state index >= 15 is 0 Å². The topological polar surface area (TPSA) is 84.5 Å².